The minimum Gasteiger partial charge on any atom is -0.385 e. The Morgan fingerprint density at radius 3 is 2.80 bits per heavy atom. The van der Waals surface area contributed by atoms with E-state index >= 15 is 0 Å². The quantitative estimate of drug-likeness (QED) is 0.745. The van der Waals surface area contributed by atoms with Crippen molar-refractivity contribution in [1.82, 2.24) is 4.98 Å². The summed E-state index contributed by atoms with van der Waals surface area (Å²) in [6.07, 6.45) is 4.25. The summed E-state index contributed by atoms with van der Waals surface area (Å²) >= 11 is 6.00. The van der Waals surface area contributed by atoms with Crippen LogP contribution >= 0.6 is 11.6 Å². The van der Waals surface area contributed by atoms with Crippen LogP contribution in [0.4, 0.5) is 5.69 Å². The molecule has 0 spiro atoms. The third-order valence-corrected chi connectivity index (χ3v) is 5.08. The molecule has 2 N–H and O–H groups in total. The maximum Gasteiger partial charge on any atom is 0.227 e. The van der Waals surface area contributed by atoms with Crippen molar-refractivity contribution in [2.75, 3.05) is 5.32 Å². The van der Waals surface area contributed by atoms with E-state index in [2.05, 4.69) is 10.3 Å². The highest BCUT2D eigenvalue weighted by Gasteiger charge is 2.47. The average Bonchev–Trinajstić information content (AvgIpc) is 2.59. The Kier molecular flexibility index (Phi) is 3.94. The van der Waals surface area contributed by atoms with E-state index in [1.807, 2.05) is 36.4 Å². The van der Waals surface area contributed by atoms with Crippen LogP contribution in [-0.4, -0.2) is 16.0 Å². The summed E-state index contributed by atoms with van der Waals surface area (Å²) < 4.78 is 0. The van der Waals surface area contributed by atoms with Crippen molar-refractivity contribution >= 4 is 34.0 Å². The van der Waals surface area contributed by atoms with Gasteiger partial charge in [0.25, 0.3) is 0 Å². The topological polar surface area (TPSA) is 62.2 Å². The first-order valence-electron chi connectivity index (χ1n) is 8.17. The zero-order valence-corrected chi connectivity index (χ0v) is 14.2. The normalized spacial score (nSPS) is 22.4. The van der Waals surface area contributed by atoms with Gasteiger partial charge < -0.3 is 10.4 Å². The van der Waals surface area contributed by atoms with Crippen LogP contribution in [0, 0.1) is 5.92 Å². The number of hydrogen-bond donors (Lipinski definition) is 2. The zero-order valence-electron chi connectivity index (χ0n) is 13.4. The highest BCUT2D eigenvalue weighted by molar-refractivity contribution is 6.30. The maximum absolute atomic E-state index is 12.6. The van der Waals surface area contributed by atoms with Gasteiger partial charge in [-0.15, -0.1) is 0 Å². The highest BCUT2D eigenvalue weighted by Crippen LogP contribution is 2.46. The number of carbonyl (C=O) groups is 1. The molecule has 126 valence electrons. The predicted octanol–water partition coefficient (Wildman–Crippen LogP) is 4.12. The summed E-state index contributed by atoms with van der Waals surface area (Å²) in [6.45, 7) is 0. The second-order valence-electron chi connectivity index (χ2n) is 6.54. The SMILES string of the molecule is O=C(Nc1cccc2ccncc12)C1CC(O)(c2cccc(Cl)c2)C1. The van der Waals surface area contributed by atoms with E-state index in [9.17, 15) is 9.90 Å². The summed E-state index contributed by atoms with van der Waals surface area (Å²) in [5.74, 6) is -0.307. The molecule has 0 radical (unpaired) electrons. The number of fused-ring (bicyclic) bond motifs is 1. The van der Waals surface area contributed by atoms with Gasteiger partial charge in [0.2, 0.25) is 5.91 Å². The Morgan fingerprint density at radius 2 is 2.00 bits per heavy atom. The fourth-order valence-electron chi connectivity index (χ4n) is 3.41. The molecule has 1 aliphatic rings. The summed E-state index contributed by atoms with van der Waals surface area (Å²) in [4.78, 5) is 16.7. The van der Waals surface area contributed by atoms with Gasteiger partial charge in [-0.2, -0.15) is 0 Å². The Hall–Kier alpha value is -2.43. The molecule has 1 heterocycles. The molecule has 25 heavy (non-hydrogen) atoms. The molecule has 1 aromatic heterocycles. The van der Waals surface area contributed by atoms with E-state index in [0.29, 0.717) is 17.9 Å². The van der Waals surface area contributed by atoms with Crippen molar-refractivity contribution in [3.8, 4) is 0 Å². The molecule has 1 aliphatic carbocycles. The standard InChI is InChI=1S/C20H17ClN2O2/c21-16-5-2-4-15(9-16)20(25)10-14(11-20)19(24)23-18-6-1-3-13-7-8-22-12-17(13)18/h1-9,12,14,25H,10-11H2,(H,23,24). The molecule has 0 atom stereocenters. The molecular formula is C20H17ClN2O2. The fourth-order valence-corrected chi connectivity index (χ4v) is 3.60. The number of halogens is 1. The van der Waals surface area contributed by atoms with Gasteiger partial charge in [0.15, 0.2) is 0 Å². The molecule has 1 amide bonds. The van der Waals surface area contributed by atoms with Crippen molar-refractivity contribution in [1.29, 1.82) is 0 Å². The Balaban J connectivity index is 1.48. The van der Waals surface area contributed by atoms with Gasteiger partial charge in [-0.05, 0) is 48.1 Å². The van der Waals surface area contributed by atoms with Crippen molar-refractivity contribution in [3.63, 3.8) is 0 Å². The Labute approximate surface area is 150 Å². The largest absolute Gasteiger partial charge is 0.385 e. The lowest BCUT2D eigenvalue weighted by Gasteiger charge is -2.43. The first-order valence-corrected chi connectivity index (χ1v) is 8.55. The first kappa shape index (κ1) is 16.1. The number of hydrogen-bond acceptors (Lipinski definition) is 3. The van der Waals surface area contributed by atoms with Crippen LogP contribution in [0.5, 0.6) is 0 Å². The number of anilines is 1. The van der Waals surface area contributed by atoms with E-state index in [-0.39, 0.29) is 11.8 Å². The molecule has 3 aromatic rings. The Bertz CT molecular complexity index is 946. The van der Waals surface area contributed by atoms with Gasteiger partial charge in [-0.25, -0.2) is 0 Å². The van der Waals surface area contributed by atoms with Crippen LogP contribution in [-0.2, 0) is 10.4 Å². The van der Waals surface area contributed by atoms with E-state index < -0.39 is 5.60 Å². The van der Waals surface area contributed by atoms with Crippen molar-refractivity contribution in [3.05, 3.63) is 71.5 Å². The number of benzene rings is 2. The van der Waals surface area contributed by atoms with Crippen molar-refractivity contribution in [2.45, 2.75) is 18.4 Å². The fraction of sp³-hybridized carbons (Fsp3) is 0.200. The summed E-state index contributed by atoms with van der Waals surface area (Å²) in [5, 5.41) is 16.2. The van der Waals surface area contributed by atoms with E-state index in [1.54, 1.807) is 24.5 Å². The highest BCUT2D eigenvalue weighted by atomic mass is 35.5. The molecule has 1 fully saturated rings. The third-order valence-electron chi connectivity index (χ3n) is 4.84. The average molecular weight is 353 g/mol. The van der Waals surface area contributed by atoms with E-state index in [0.717, 1.165) is 22.0 Å². The van der Waals surface area contributed by atoms with E-state index in [1.165, 1.54) is 0 Å². The molecular weight excluding hydrogens is 336 g/mol. The second-order valence-corrected chi connectivity index (χ2v) is 6.98. The van der Waals surface area contributed by atoms with Crippen LogP contribution in [0.1, 0.15) is 18.4 Å². The van der Waals surface area contributed by atoms with Crippen LogP contribution < -0.4 is 5.32 Å². The molecule has 4 nitrogen and oxygen atoms in total. The monoisotopic (exact) mass is 352 g/mol. The molecule has 4 rings (SSSR count). The van der Waals surface area contributed by atoms with Crippen molar-refractivity contribution < 1.29 is 9.90 Å². The molecule has 2 aromatic carbocycles. The number of carbonyl (C=O) groups excluding carboxylic acids is 1. The number of aliphatic hydroxyl groups is 1. The van der Waals surface area contributed by atoms with Gasteiger partial charge >= 0.3 is 0 Å². The van der Waals surface area contributed by atoms with Crippen LogP contribution in [0.3, 0.4) is 0 Å². The number of pyridine rings is 1. The van der Waals surface area contributed by atoms with Crippen LogP contribution in [0.15, 0.2) is 60.9 Å². The molecule has 0 saturated heterocycles. The maximum atomic E-state index is 12.6. The Morgan fingerprint density at radius 1 is 1.20 bits per heavy atom. The summed E-state index contributed by atoms with van der Waals surface area (Å²) in [7, 11) is 0. The van der Waals surface area contributed by atoms with Crippen LogP contribution in [0.25, 0.3) is 10.8 Å². The van der Waals surface area contributed by atoms with Crippen molar-refractivity contribution in [2.24, 2.45) is 5.92 Å². The molecule has 0 unspecified atom stereocenters. The lowest BCUT2D eigenvalue weighted by atomic mass is 9.67. The van der Waals surface area contributed by atoms with Gasteiger partial charge in [-0.3, -0.25) is 9.78 Å². The number of rotatable bonds is 3. The molecule has 0 aliphatic heterocycles. The lowest BCUT2D eigenvalue weighted by Crippen LogP contribution is -2.46. The van der Waals surface area contributed by atoms with E-state index in [4.69, 9.17) is 11.6 Å². The number of nitrogens with zero attached hydrogens (tertiary/aromatic N) is 1. The summed E-state index contributed by atoms with van der Waals surface area (Å²) in [6, 6.07) is 14.8. The molecule has 0 bridgehead atoms. The summed E-state index contributed by atoms with van der Waals surface area (Å²) in [5.41, 5.74) is 0.528. The minimum atomic E-state index is -0.979. The first-order chi connectivity index (χ1) is 12.0. The van der Waals surface area contributed by atoms with Gasteiger partial charge in [-0.1, -0.05) is 35.9 Å². The molecule has 1 saturated carbocycles. The lowest BCUT2D eigenvalue weighted by molar-refractivity contribution is -0.137. The van der Waals surface area contributed by atoms with Gasteiger partial charge in [0, 0.05) is 28.7 Å². The predicted molar refractivity (Wildman–Crippen MR) is 98.4 cm³/mol. The third kappa shape index (κ3) is 2.99. The second kappa shape index (κ2) is 6.14. The van der Waals surface area contributed by atoms with Crippen LogP contribution in [0.2, 0.25) is 5.02 Å². The molecule has 5 heteroatoms. The number of amides is 1. The zero-order chi connectivity index (χ0) is 17.4. The van der Waals surface area contributed by atoms with Gasteiger partial charge in [0.1, 0.15) is 0 Å². The number of aromatic nitrogens is 1. The number of nitrogens with one attached hydrogen (secondary N) is 1. The van der Waals surface area contributed by atoms with Gasteiger partial charge in [0.05, 0.1) is 11.3 Å². The smallest absolute Gasteiger partial charge is 0.227 e. The minimum absolute atomic E-state index is 0.0805.